The first-order valence-electron chi connectivity index (χ1n) is 12.0. The Balaban J connectivity index is 1.93. The van der Waals surface area contributed by atoms with Crippen LogP contribution in [0.1, 0.15) is 33.3 Å². The average molecular weight is 622 g/mol. The largest absolute Gasteiger partial charge is 0.573 e. The van der Waals surface area contributed by atoms with Crippen molar-refractivity contribution >= 4 is 52.4 Å². The lowest BCUT2D eigenvalue weighted by Gasteiger charge is -2.28. The number of halogens is 4. The zero-order chi connectivity index (χ0) is 27.4. The summed E-state index contributed by atoms with van der Waals surface area (Å²) < 4.78 is 72.2. The molecule has 37 heavy (non-hydrogen) atoms. The quantitative estimate of drug-likeness (QED) is 0.210. The van der Waals surface area contributed by atoms with Crippen molar-refractivity contribution in [1.82, 2.24) is 4.90 Å². The first-order valence-corrected chi connectivity index (χ1v) is 15.2. The fraction of sp³-hybridized carbons (Fsp3) is 0.462. The van der Waals surface area contributed by atoms with Gasteiger partial charge in [-0.1, -0.05) is 58.0 Å². The van der Waals surface area contributed by atoms with Gasteiger partial charge in [-0.15, -0.1) is 24.5 Å². The lowest BCUT2D eigenvalue weighted by molar-refractivity contribution is -0.274. The zero-order valence-electron chi connectivity index (χ0n) is 21.3. The number of anilines is 1. The highest BCUT2D eigenvalue weighted by Crippen LogP contribution is 2.43. The van der Waals surface area contributed by atoms with E-state index >= 15 is 0 Å². The number of nitrogens with zero attached hydrogens (tertiary/aromatic N) is 2. The normalized spacial score (nSPS) is 12.7. The van der Waals surface area contributed by atoms with Crippen LogP contribution in [0.15, 0.2) is 53.0 Å². The zero-order valence-corrected chi connectivity index (χ0v) is 24.5. The van der Waals surface area contributed by atoms with Gasteiger partial charge in [-0.05, 0) is 51.5 Å². The Morgan fingerprint density at radius 3 is 2.11 bits per heavy atom. The Hall–Kier alpha value is -1.82. The highest BCUT2D eigenvalue weighted by molar-refractivity contribution is 9.10. The molecular weight excluding hydrogens is 589 g/mol. The Kier molecular flexibility index (Phi) is 9.93. The molecule has 3 rings (SSSR count). The summed E-state index contributed by atoms with van der Waals surface area (Å²) in [6.45, 7) is 10.4. The van der Waals surface area contributed by atoms with Crippen LogP contribution in [-0.2, 0) is 16.6 Å². The molecule has 0 saturated heterocycles. The Morgan fingerprint density at radius 2 is 1.57 bits per heavy atom. The van der Waals surface area contributed by atoms with Gasteiger partial charge in [0.15, 0.2) is 0 Å². The fourth-order valence-electron chi connectivity index (χ4n) is 4.06. The molecule has 1 aromatic heterocycles. The highest BCUT2D eigenvalue weighted by atomic mass is 79.9. The number of hydrogen-bond donors (Lipinski definition) is 0. The lowest BCUT2D eigenvalue weighted by atomic mass is 10.1. The third-order valence-electron chi connectivity index (χ3n) is 5.48. The van der Waals surface area contributed by atoms with Crippen LogP contribution in [0.25, 0.3) is 10.1 Å². The monoisotopic (exact) mass is 620 g/mol. The van der Waals surface area contributed by atoms with Gasteiger partial charge < -0.3 is 9.64 Å². The molecule has 0 aliphatic heterocycles. The standard InChI is InChI=1S/C26H32BrF3N2O3S2/c1-18(2)15-31(16-19(3)4)13-14-37(33,34)32(25-24(27)22-7-5-6-8-23(22)36-25)17-20-9-11-21(12-10-20)35-26(28,29)30/h5-12,18-19H,13-17H2,1-4H3. The molecule has 5 nitrogen and oxygen atoms in total. The summed E-state index contributed by atoms with van der Waals surface area (Å²) >= 11 is 4.95. The van der Waals surface area contributed by atoms with E-state index in [0.29, 0.717) is 33.4 Å². The van der Waals surface area contributed by atoms with Gasteiger partial charge in [0.05, 0.1) is 16.8 Å². The maximum Gasteiger partial charge on any atom is 0.573 e. The van der Waals surface area contributed by atoms with E-state index in [1.54, 1.807) is 0 Å². The summed E-state index contributed by atoms with van der Waals surface area (Å²) in [4.78, 5) is 2.17. The molecular formula is C26H32BrF3N2O3S2. The molecule has 0 radical (unpaired) electrons. The van der Waals surface area contributed by atoms with E-state index in [-0.39, 0.29) is 18.0 Å². The maximum absolute atomic E-state index is 13.8. The molecule has 0 N–H and O–H groups in total. The van der Waals surface area contributed by atoms with Crippen LogP contribution in [0, 0.1) is 11.8 Å². The molecule has 0 spiro atoms. The van der Waals surface area contributed by atoms with Crippen molar-refractivity contribution in [2.45, 2.75) is 40.6 Å². The van der Waals surface area contributed by atoms with Gasteiger partial charge in [0.25, 0.3) is 0 Å². The topological polar surface area (TPSA) is 49.9 Å². The predicted octanol–water partition coefficient (Wildman–Crippen LogP) is 7.51. The first kappa shape index (κ1) is 29.7. The Bertz CT molecular complexity index is 1270. The summed E-state index contributed by atoms with van der Waals surface area (Å²) in [5.41, 5.74) is 0.545. The number of thiophene rings is 1. The lowest BCUT2D eigenvalue weighted by Crippen LogP contribution is -2.40. The third-order valence-corrected chi connectivity index (χ3v) is 9.53. The van der Waals surface area contributed by atoms with E-state index in [4.69, 9.17) is 0 Å². The smallest absolute Gasteiger partial charge is 0.406 e. The van der Waals surface area contributed by atoms with Gasteiger partial charge in [0.2, 0.25) is 10.0 Å². The molecule has 0 fully saturated rings. The minimum atomic E-state index is -4.79. The second-order valence-electron chi connectivity index (χ2n) is 9.78. The van der Waals surface area contributed by atoms with E-state index in [2.05, 4.69) is 53.3 Å². The van der Waals surface area contributed by atoms with Crippen molar-refractivity contribution < 1.29 is 26.3 Å². The molecule has 11 heteroatoms. The second kappa shape index (κ2) is 12.4. The maximum atomic E-state index is 13.8. The van der Waals surface area contributed by atoms with E-state index in [1.807, 2.05) is 24.3 Å². The molecule has 0 unspecified atom stereocenters. The number of rotatable bonds is 12. The van der Waals surface area contributed by atoms with E-state index in [1.165, 1.54) is 39.9 Å². The van der Waals surface area contributed by atoms with Crippen LogP contribution in [0.2, 0.25) is 0 Å². The van der Waals surface area contributed by atoms with E-state index in [0.717, 1.165) is 23.2 Å². The van der Waals surface area contributed by atoms with E-state index in [9.17, 15) is 21.6 Å². The summed E-state index contributed by atoms with van der Waals surface area (Å²) in [6, 6.07) is 12.9. The SMILES string of the molecule is CC(C)CN(CCS(=O)(=O)N(Cc1ccc(OC(F)(F)F)cc1)c1sc2ccccc2c1Br)CC(C)C. The fourth-order valence-corrected chi connectivity index (χ4v) is 7.97. The molecule has 3 aromatic rings. The summed E-state index contributed by atoms with van der Waals surface area (Å²) in [7, 11) is -3.79. The number of hydrogen-bond acceptors (Lipinski definition) is 5. The molecule has 0 saturated carbocycles. The van der Waals surface area contributed by atoms with Gasteiger partial charge in [-0.2, -0.15) is 0 Å². The van der Waals surface area contributed by atoms with Crippen molar-refractivity contribution in [1.29, 1.82) is 0 Å². The summed E-state index contributed by atoms with van der Waals surface area (Å²) in [6.07, 6.45) is -4.79. The average Bonchev–Trinajstić information content (AvgIpc) is 3.11. The summed E-state index contributed by atoms with van der Waals surface area (Å²) in [5.74, 6) is 0.354. The van der Waals surface area contributed by atoms with Crippen LogP contribution in [0.3, 0.4) is 0 Å². The van der Waals surface area contributed by atoms with Crippen LogP contribution < -0.4 is 9.04 Å². The number of benzene rings is 2. The van der Waals surface area contributed by atoms with Crippen molar-refractivity contribution in [2.75, 3.05) is 29.7 Å². The van der Waals surface area contributed by atoms with Gasteiger partial charge in [-0.3, -0.25) is 4.31 Å². The molecule has 0 aliphatic rings. The van der Waals surface area contributed by atoms with Gasteiger partial charge in [-0.25, -0.2) is 8.42 Å². The molecule has 0 aliphatic carbocycles. The third kappa shape index (κ3) is 8.59. The Labute approximate surface area is 229 Å². The molecule has 0 bridgehead atoms. The number of sulfonamides is 1. The van der Waals surface area contributed by atoms with Gasteiger partial charge in [0, 0.05) is 29.7 Å². The second-order valence-corrected chi connectivity index (χ2v) is 13.6. The van der Waals surface area contributed by atoms with Gasteiger partial charge in [0.1, 0.15) is 10.8 Å². The number of alkyl halides is 3. The van der Waals surface area contributed by atoms with Crippen molar-refractivity contribution in [2.24, 2.45) is 11.8 Å². The van der Waals surface area contributed by atoms with Crippen molar-refractivity contribution in [3.05, 3.63) is 58.6 Å². The molecule has 0 amide bonds. The van der Waals surface area contributed by atoms with Gasteiger partial charge >= 0.3 is 6.36 Å². The van der Waals surface area contributed by atoms with Crippen molar-refractivity contribution in [3.8, 4) is 5.75 Å². The van der Waals surface area contributed by atoms with Crippen LogP contribution >= 0.6 is 27.3 Å². The van der Waals surface area contributed by atoms with E-state index < -0.39 is 16.4 Å². The minimum absolute atomic E-state index is 0.0194. The predicted molar refractivity (Wildman–Crippen MR) is 149 cm³/mol. The van der Waals surface area contributed by atoms with Crippen LogP contribution in [0.5, 0.6) is 5.75 Å². The molecule has 1 heterocycles. The van der Waals surface area contributed by atoms with Crippen molar-refractivity contribution in [3.63, 3.8) is 0 Å². The Morgan fingerprint density at radius 1 is 0.973 bits per heavy atom. The van der Waals surface area contributed by atoms with Crippen LogP contribution in [-0.4, -0.2) is 45.1 Å². The molecule has 2 aromatic carbocycles. The first-order chi connectivity index (χ1) is 17.2. The minimum Gasteiger partial charge on any atom is -0.406 e. The van der Waals surface area contributed by atoms with Crippen LogP contribution in [0.4, 0.5) is 18.2 Å². The number of ether oxygens (including phenoxy) is 1. The molecule has 0 atom stereocenters. The summed E-state index contributed by atoms with van der Waals surface area (Å²) in [5, 5.41) is 1.44. The molecule has 204 valence electrons. The highest BCUT2D eigenvalue weighted by Gasteiger charge is 2.31. The number of fused-ring (bicyclic) bond motifs is 1.